The maximum absolute atomic E-state index is 5.74. The standard InChI is InChI=1S/C11H19ClN2S/c1-5-8(2)14(4)9(3)11-13-10(6-12)7-15-11/h7-9H,5-6H2,1-4H3. The van der Waals surface area contributed by atoms with Crippen molar-refractivity contribution in [1.29, 1.82) is 0 Å². The Morgan fingerprint density at radius 1 is 1.53 bits per heavy atom. The molecule has 0 aromatic carbocycles. The van der Waals surface area contributed by atoms with Gasteiger partial charge in [-0.05, 0) is 27.3 Å². The summed E-state index contributed by atoms with van der Waals surface area (Å²) in [6.45, 7) is 6.65. The zero-order valence-corrected chi connectivity index (χ0v) is 11.4. The zero-order chi connectivity index (χ0) is 11.4. The predicted octanol–water partition coefficient (Wildman–Crippen LogP) is 3.67. The topological polar surface area (TPSA) is 16.1 Å². The van der Waals surface area contributed by atoms with Crippen molar-refractivity contribution in [3.63, 3.8) is 0 Å². The van der Waals surface area contributed by atoms with Crippen molar-refractivity contribution in [2.45, 2.75) is 45.2 Å². The summed E-state index contributed by atoms with van der Waals surface area (Å²) >= 11 is 7.45. The quantitative estimate of drug-likeness (QED) is 0.737. The number of hydrogen-bond acceptors (Lipinski definition) is 3. The first kappa shape index (κ1) is 12.9. The number of halogens is 1. The van der Waals surface area contributed by atoms with Gasteiger partial charge in [-0.2, -0.15) is 0 Å². The fraction of sp³-hybridized carbons (Fsp3) is 0.727. The number of aromatic nitrogens is 1. The molecular weight excluding hydrogens is 228 g/mol. The molecule has 0 aliphatic carbocycles. The summed E-state index contributed by atoms with van der Waals surface area (Å²) in [7, 11) is 2.15. The summed E-state index contributed by atoms with van der Waals surface area (Å²) in [5, 5.41) is 3.21. The number of rotatable bonds is 5. The van der Waals surface area contributed by atoms with E-state index in [4.69, 9.17) is 11.6 Å². The number of alkyl halides is 1. The van der Waals surface area contributed by atoms with Gasteiger partial charge in [-0.1, -0.05) is 6.92 Å². The third-order valence-electron chi connectivity index (χ3n) is 2.96. The highest BCUT2D eigenvalue weighted by molar-refractivity contribution is 7.09. The van der Waals surface area contributed by atoms with Crippen LogP contribution < -0.4 is 0 Å². The second-order valence-electron chi connectivity index (χ2n) is 3.91. The van der Waals surface area contributed by atoms with Crippen molar-refractivity contribution in [2.24, 2.45) is 0 Å². The summed E-state index contributed by atoms with van der Waals surface area (Å²) in [5.41, 5.74) is 0.987. The molecule has 1 aromatic heterocycles. The van der Waals surface area contributed by atoms with Crippen molar-refractivity contribution < 1.29 is 0 Å². The Balaban J connectivity index is 2.70. The van der Waals surface area contributed by atoms with E-state index in [2.05, 4.69) is 37.7 Å². The van der Waals surface area contributed by atoms with Gasteiger partial charge < -0.3 is 0 Å². The van der Waals surface area contributed by atoms with Crippen LogP contribution in [0.1, 0.15) is 43.9 Å². The maximum atomic E-state index is 5.74. The minimum atomic E-state index is 0.377. The van der Waals surface area contributed by atoms with Crippen LogP contribution in [-0.2, 0) is 5.88 Å². The van der Waals surface area contributed by atoms with E-state index in [-0.39, 0.29) is 0 Å². The minimum absolute atomic E-state index is 0.377. The number of thiazole rings is 1. The molecule has 0 N–H and O–H groups in total. The molecule has 0 aliphatic rings. The van der Waals surface area contributed by atoms with Crippen LogP contribution in [0.3, 0.4) is 0 Å². The molecule has 2 nitrogen and oxygen atoms in total. The predicted molar refractivity (Wildman–Crippen MR) is 67.6 cm³/mol. The molecule has 2 atom stereocenters. The molecule has 0 saturated heterocycles. The van der Waals surface area contributed by atoms with Crippen LogP contribution in [-0.4, -0.2) is 23.0 Å². The lowest BCUT2D eigenvalue weighted by Crippen LogP contribution is -2.31. The van der Waals surface area contributed by atoms with Crippen LogP contribution in [0.2, 0.25) is 0 Å². The Bertz CT molecular complexity index is 301. The Labute approximate surface area is 101 Å². The molecule has 0 spiro atoms. The number of nitrogens with zero attached hydrogens (tertiary/aromatic N) is 2. The summed E-state index contributed by atoms with van der Waals surface area (Å²) in [6, 6.07) is 0.963. The molecule has 0 radical (unpaired) electrons. The lowest BCUT2D eigenvalue weighted by Gasteiger charge is -2.28. The van der Waals surface area contributed by atoms with Gasteiger partial charge in [-0.15, -0.1) is 22.9 Å². The van der Waals surface area contributed by atoms with Crippen LogP contribution in [0.15, 0.2) is 5.38 Å². The van der Waals surface area contributed by atoms with Crippen LogP contribution >= 0.6 is 22.9 Å². The SMILES string of the molecule is CCC(C)N(C)C(C)c1nc(CCl)cs1. The van der Waals surface area contributed by atoms with Crippen molar-refractivity contribution in [3.8, 4) is 0 Å². The zero-order valence-electron chi connectivity index (χ0n) is 9.83. The Morgan fingerprint density at radius 2 is 2.20 bits per heavy atom. The van der Waals surface area contributed by atoms with Gasteiger partial charge in [0.1, 0.15) is 5.01 Å². The fourth-order valence-corrected chi connectivity index (χ4v) is 2.57. The molecule has 15 heavy (non-hydrogen) atoms. The average molecular weight is 247 g/mol. The maximum Gasteiger partial charge on any atom is 0.110 e. The van der Waals surface area contributed by atoms with Gasteiger partial charge >= 0.3 is 0 Å². The average Bonchev–Trinajstić information content (AvgIpc) is 2.74. The molecule has 1 aromatic rings. The van der Waals surface area contributed by atoms with Crippen LogP contribution in [0, 0.1) is 0 Å². The van der Waals surface area contributed by atoms with E-state index in [1.165, 1.54) is 0 Å². The number of hydrogen-bond donors (Lipinski definition) is 0. The molecule has 0 bridgehead atoms. The highest BCUT2D eigenvalue weighted by atomic mass is 35.5. The molecule has 0 amide bonds. The molecule has 0 fully saturated rings. The van der Waals surface area contributed by atoms with Gasteiger partial charge in [0.2, 0.25) is 0 Å². The first-order valence-corrected chi connectivity index (χ1v) is 6.73. The van der Waals surface area contributed by atoms with E-state index in [0.717, 1.165) is 17.1 Å². The summed E-state index contributed by atoms with van der Waals surface area (Å²) in [4.78, 5) is 6.87. The van der Waals surface area contributed by atoms with Crippen molar-refractivity contribution >= 4 is 22.9 Å². The summed E-state index contributed by atoms with van der Waals surface area (Å²) in [6.07, 6.45) is 1.16. The smallest absolute Gasteiger partial charge is 0.110 e. The van der Waals surface area contributed by atoms with Crippen LogP contribution in [0.4, 0.5) is 0 Å². The van der Waals surface area contributed by atoms with Gasteiger partial charge in [-0.3, -0.25) is 4.90 Å². The Morgan fingerprint density at radius 3 is 2.67 bits per heavy atom. The molecule has 1 heterocycles. The van der Waals surface area contributed by atoms with E-state index in [1.54, 1.807) is 11.3 Å². The normalized spacial score (nSPS) is 15.6. The fourth-order valence-electron chi connectivity index (χ4n) is 1.42. The Kier molecular flexibility index (Phi) is 5.03. The molecule has 86 valence electrons. The van der Waals surface area contributed by atoms with Gasteiger partial charge in [0.05, 0.1) is 17.6 Å². The van der Waals surface area contributed by atoms with E-state index in [0.29, 0.717) is 18.0 Å². The molecule has 1 rings (SSSR count). The van der Waals surface area contributed by atoms with Gasteiger partial charge in [0.15, 0.2) is 0 Å². The molecule has 2 unspecified atom stereocenters. The van der Waals surface area contributed by atoms with E-state index in [9.17, 15) is 0 Å². The first-order valence-electron chi connectivity index (χ1n) is 5.32. The third-order valence-corrected chi connectivity index (χ3v) is 4.30. The summed E-state index contributed by atoms with van der Waals surface area (Å²) < 4.78 is 0. The second kappa shape index (κ2) is 5.83. The second-order valence-corrected chi connectivity index (χ2v) is 5.07. The van der Waals surface area contributed by atoms with E-state index < -0.39 is 0 Å². The lowest BCUT2D eigenvalue weighted by atomic mass is 10.2. The van der Waals surface area contributed by atoms with E-state index >= 15 is 0 Å². The Hall–Kier alpha value is -0.120. The molecule has 0 saturated carbocycles. The molecule has 4 heteroatoms. The largest absolute Gasteiger partial charge is 0.295 e. The van der Waals surface area contributed by atoms with Gasteiger partial charge in [0, 0.05) is 11.4 Å². The monoisotopic (exact) mass is 246 g/mol. The minimum Gasteiger partial charge on any atom is -0.295 e. The third kappa shape index (κ3) is 3.16. The highest BCUT2D eigenvalue weighted by Crippen LogP contribution is 2.25. The lowest BCUT2D eigenvalue weighted by molar-refractivity contribution is 0.192. The molecule has 0 aliphatic heterocycles. The summed E-state index contributed by atoms with van der Waals surface area (Å²) in [5.74, 6) is 0.510. The van der Waals surface area contributed by atoms with Crippen LogP contribution in [0.5, 0.6) is 0 Å². The van der Waals surface area contributed by atoms with E-state index in [1.807, 2.05) is 5.38 Å². The highest BCUT2D eigenvalue weighted by Gasteiger charge is 2.18. The molecular formula is C11H19ClN2S. The van der Waals surface area contributed by atoms with Gasteiger partial charge in [0.25, 0.3) is 0 Å². The van der Waals surface area contributed by atoms with Crippen molar-refractivity contribution in [1.82, 2.24) is 9.88 Å². The van der Waals surface area contributed by atoms with Crippen LogP contribution in [0.25, 0.3) is 0 Å². The van der Waals surface area contributed by atoms with Crippen molar-refractivity contribution in [2.75, 3.05) is 7.05 Å². The van der Waals surface area contributed by atoms with Crippen molar-refractivity contribution in [3.05, 3.63) is 16.1 Å². The first-order chi connectivity index (χ1) is 7.10. The van der Waals surface area contributed by atoms with Gasteiger partial charge in [-0.25, -0.2) is 4.98 Å².